The Morgan fingerprint density at radius 2 is 1.78 bits per heavy atom. The summed E-state index contributed by atoms with van der Waals surface area (Å²) >= 11 is 0. The maximum atomic E-state index is 14.2. The van der Waals surface area contributed by atoms with E-state index in [1.807, 2.05) is 30.3 Å². The number of alkyl halides is 2. The molecule has 0 bridgehead atoms. The molecule has 1 saturated carbocycles. The second-order valence-electron chi connectivity index (χ2n) is 6.06. The van der Waals surface area contributed by atoms with E-state index in [1.165, 1.54) is 4.68 Å². The molecule has 1 aromatic carbocycles. The van der Waals surface area contributed by atoms with Crippen LogP contribution in [0.3, 0.4) is 0 Å². The van der Waals surface area contributed by atoms with Gasteiger partial charge in [-0.05, 0) is 18.4 Å². The lowest BCUT2D eigenvalue weighted by molar-refractivity contribution is 0.213. The number of sulfone groups is 1. The Kier molecular flexibility index (Phi) is 3.26. The minimum Gasteiger partial charge on any atom is -0.247 e. The van der Waals surface area contributed by atoms with E-state index in [2.05, 4.69) is 10.1 Å². The monoisotopic (exact) mass is 339 g/mol. The summed E-state index contributed by atoms with van der Waals surface area (Å²) in [6.07, 6.45) is -2.32. The first-order valence-electron chi connectivity index (χ1n) is 7.50. The molecule has 0 radical (unpaired) electrons. The molecule has 122 valence electrons. The van der Waals surface area contributed by atoms with E-state index in [4.69, 9.17) is 0 Å². The van der Waals surface area contributed by atoms with Gasteiger partial charge in [-0.25, -0.2) is 21.9 Å². The average Bonchev–Trinajstić information content (AvgIpc) is 3.06. The van der Waals surface area contributed by atoms with Crippen LogP contribution in [0.15, 0.2) is 35.5 Å². The van der Waals surface area contributed by atoms with Gasteiger partial charge in [-0.15, -0.1) is 5.10 Å². The number of benzene rings is 1. The highest BCUT2D eigenvalue weighted by Gasteiger charge is 2.44. The minimum atomic E-state index is -3.79. The molecule has 0 unspecified atom stereocenters. The third-order valence-corrected chi connectivity index (χ3v) is 6.50. The lowest BCUT2D eigenvalue weighted by Crippen LogP contribution is -2.37. The number of fused-ring (bicyclic) bond motifs is 1. The van der Waals surface area contributed by atoms with E-state index in [-0.39, 0.29) is 36.3 Å². The summed E-state index contributed by atoms with van der Waals surface area (Å²) in [4.78, 5) is 3.91. The van der Waals surface area contributed by atoms with E-state index in [0.717, 1.165) is 5.56 Å². The fraction of sp³-hybridized carbons (Fsp3) is 0.467. The zero-order chi connectivity index (χ0) is 16.2. The van der Waals surface area contributed by atoms with Gasteiger partial charge in [-0.1, -0.05) is 30.3 Å². The summed E-state index contributed by atoms with van der Waals surface area (Å²) < 4.78 is 53.3. The molecule has 4 rings (SSSR count). The molecule has 0 N–H and O–H groups in total. The van der Waals surface area contributed by atoms with Crippen molar-refractivity contribution in [1.82, 2.24) is 14.8 Å². The number of nitrogens with zero attached hydrogens (tertiary/aromatic N) is 3. The Hall–Kier alpha value is -1.83. The van der Waals surface area contributed by atoms with Gasteiger partial charge in [-0.2, -0.15) is 4.98 Å². The summed E-state index contributed by atoms with van der Waals surface area (Å²) in [5.41, 5.74) is 0.857. The van der Waals surface area contributed by atoms with Crippen LogP contribution >= 0.6 is 0 Å². The fourth-order valence-corrected chi connectivity index (χ4v) is 4.78. The summed E-state index contributed by atoms with van der Waals surface area (Å²) in [6.45, 7) is 0. The number of aromatic nitrogens is 3. The van der Waals surface area contributed by atoms with Crippen molar-refractivity contribution in [2.45, 2.75) is 48.1 Å². The van der Waals surface area contributed by atoms with E-state index in [0.29, 0.717) is 0 Å². The van der Waals surface area contributed by atoms with Crippen molar-refractivity contribution >= 4 is 9.84 Å². The van der Waals surface area contributed by atoms with Crippen LogP contribution in [0.2, 0.25) is 0 Å². The van der Waals surface area contributed by atoms with Gasteiger partial charge in [0, 0.05) is 6.42 Å². The molecule has 0 spiro atoms. The summed E-state index contributed by atoms with van der Waals surface area (Å²) in [6, 6.07) is 8.86. The molecule has 2 heterocycles. The van der Waals surface area contributed by atoms with Crippen molar-refractivity contribution in [3.05, 3.63) is 41.7 Å². The van der Waals surface area contributed by atoms with Gasteiger partial charge in [0.2, 0.25) is 9.84 Å². The highest BCUT2D eigenvalue weighted by atomic mass is 32.2. The molecule has 5 nitrogen and oxygen atoms in total. The van der Waals surface area contributed by atoms with Gasteiger partial charge >= 0.3 is 0 Å². The number of hydrogen-bond acceptors (Lipinski definition) is 4. The molecule has 0 saturated heterocycles. The Morgan fingerprint density at radius 1 is 1.09 bits per heavy atom. The maximum absolute atomic E-state index is 14.2. The van der Waals surface area contributed by atoms with Gasteiger partial charge in [0.25, 0.3) is 5.16 Å². The van der Waals surface area contributed by atoms with Crippen LogP contribution < -0.4 is 0 Å². The van der Waals surface area contributed by atoms with Crippen LogP contribution in [0.25, 0.3) is 0 Å². The third-order valence-electron chi connectivity index (χ3n) is 4.56. The highest BCUT2D eigenvalue weighted by Crippen LogP contribution is 2.40. The Morgan fingerprint density at radius 3 is 2.43 bits per heavy atom. The van der Waals surface area contributed by atoms with Gasteiger partial charge in [0.1, 0.15) is 6.17 Å². The van der Waals surface area contributed by atoms with Crippen molar-refractivity contribution in [3.63, 3.8) is 0 Å². The SMILES string of the molecule is O=S(=O)(c1nc2n(n1)[C@H](c1ccccc1)C[C@@H]2F)C1CC(F)C1. The molecule has 1 aromatic heterocycles. The molecule has 1 aliphatic heterocycles. The van der Waals surface area contributed by atoms with Crippen LogP contribution in [0, 0.1) is 0 Å². The highest BCUT2D eigenvalue weighted by molar-refractivity contribution is 7.91. The van der Waals surface area contributed by atoms with Crippen molar-refractivity contribution in [1.29, 1.82) is 0 Å². The second kappa shape index (κ2) is 5.09. The molecule has 1 fully saturated rings. The number of rotatable bonds is 3. The first-order chi connectivity index (χ1) is 11.0. The zero-order valence-electron chi connectivity index (χ0n) is 12.1. The smallest absolute Gasteiger partial charge is 0.247 e. The minimum absolute atomic E-state index is 0.0344. The third kappa shape index (κ3) is 2.27. The standard InChI is InChI=1S/C15H15F2N3O2S/c16-10-6-11(7-10)23(21,22)15-18-14-12(17)8-13(20(14)19-15)9-4-2-1-3-5-9/h1-5,10-13H,6-8H2/t10?,11?,12-,13-/m0/s1. The van der Waals surface area contributed by atoms with Crippen LogP contribution in [0.1, 0.15) is 42.9 Å². The van der Waals surface area contributed by atoms with E-state index < -0.39 is 27.4 Å². The Bertz CT molecular complexity index is 832. The van der Waals surface area contributed by atoms with E-state index >= 15 is 0 Å². The molecule has 8 heteroatoms. The predicted molar refractivity (Wildman–Crippen MR) is 78.2 cm³/mol. The molecule has 2 aromatic rings. The Balaban J connectivity index is 1.71. The van der Waals surface area contributed by atoms with Crippen LogP contribution in [-0.2, 0) is 9.84 Å². The molecule has 2 atom stereocenters. The predicted octanol–water partition coefficient (Wildman–Crippen LogP) is 2.56. The van der Waals surface area contributed by atoms with Crippen LogP contribution in [0.5, 0.6) is 0 Å². The van der Waals surface area contributed by atoms with Crippen molar-refractivity contribution in [2.75, 3.05) is 0 Å². The largest absolute Gasteiger partial charge is 0.267 e. The molecule has 23 heavy (non-hydrogen) atoms. The molecular formula is C15H15F2N3O2S. The van der Waals surface area contributed by atoms with Gasteiger partial charge in [-0.3, -0.25) is 0 Å². The number of halogens is 2. The fourth-order valence-electron chi connectivity index (χ4n) is 3.14. The molecule has 1 aliphatic carbocycles. The van der Waals surface area contributed by atoms with E-state index in [9.17, 15) is 17.2 Å². The summed E-state index contributed by atoms with van der Waals surface area (Å²) in [7, 11) is -3.79. The number of hydrogen-bond donors (Lipinski definition) is 0. The van der Waals surface area contributed by atoms with Crippen LogP contribution in [-0.4, -0.2) is 34.6 Å². The van der Waals surface area contributed by atoms with Crippen molar-refractivity contribution in [2.24, 2.45) is 0 Å². The van der Waals surface area contributed by atoms with Gasteiger partial charge in [0.15, 0.2) is 12.0 Å². The summed E-state index contributed by atoms with van der Waals surface area (Å²) in [5.74, 6) is 0.0357. The normalized spacial score (nSPS) is 30.0. The van der Waals surface area contributed by atoms with Gasteiger partial charge in [0.05, 0.1) is 11.3 Å². The molecule has 0 amide bonds. The summed E-state index contributed by atoms with van der Waals surface area (Å²) in [5, 5.41) is 2.87. The quantitative estimate of drug-likeness (QED) is 0.862. The zero-order valence-corrected chi connectivity index (χ0v) is 13.0. The average molecular weight is 339 g/mol. The maximum Gasteiger partial charge on any atom is 0.267 e. The lowest BCUT2D eigenvalue weighted by atomic mass is 9.97. The first-order valence-corrected chi connectivity index (χ1v) is 9.05. The van der Waals surface area contributed by atoms with E-state index in [1.54, 1.807) is 0 Å². The topological polar surface area (TPSA) is 64.8 Å². The van der Waals surface area contributed by atoms with Gasteiger partial charge < -0.3 is 0 Å². The first kappa shape index (κ1) is 14.7. The molecule has 2 aliphatic rings. The Labute approximate surface area is 132 Å². The van der Waals surface area contributed by atoms with Crippen molar-refractivity contribution < 1.29 is 17.2 Å². The second-order valence-corrected chi connectivity index (χ2v) is 8.18. The lowest BCUT2D eigenvalue weighted by Gasteiger charge is -2.27. The van der Waals surface area contributed by atoms with Crippen molar-refractivity contribution in [3.8, 4) is 0 Å². The van der Waals surface area contributed by atoms with Crippen LogP contribution in [0.4, 0.5) is 8.78 Å². The molecular weight excluding hydrogens is 324 g/mol.